The molecule has 0 aromatic heterocycles. The Labute approximate surface area is 202 Å². The van der Waals surface area contributed by atoms with Gasteiger partial charge in [-0.1, -0.05) is 41.9 Å². The summed E-state index contributed by atoms with van der Waals surface area (Å²) < 4.78 is 28.5. The summed E-state index contributed by atoms with van der Waals surface area (Å²) in [7, 11) is 0. The third-order valence-corrected chi connectivity index (χ3v) is 6.93. The van der Waals surface area contributed by atoms with Crippen LogP contribution in [0.3, 0.4) is 0 Å². The van der Waals surface area contributed by atoms with Crippen molar-refractivity contribution in [2.45, 2.75) is 18.8 Å². The number of nitrogens with zero attached hydrogens (tertiary/aromatic N) is 1. The largest absolute Gasteiger partial charge is 0.508 e. The third-order valence-electron chi connectivity index (χ3n) is 6.62. The first kappa shape index (κ1) is 24.3. The second kappa shape index (κ2) is 10.2. The van der Waals surface area contributed by atoms with E-state index in [1.165, 1.54) is 24.3 Å². The Morgan fingerprint density at radius 3 is 2.59 bits per heavy atom. The number of hydrogen-bond donors (Lipinski definition) is 2. The summed E-state index contributed by atoms with van der Waals surface area (Å²) in [4.78, 5) is 15.8. The molecule has 3 aromatic rings. The monoisotopic (exact) mass is 484 g/mol. The van der Waals surface area contributed by atoms with Gasteiger partial charge in [0.05, 0.1) is 11.6 Å². The van der Waals surface area contributed by atoms with Gasteiger partial charge < -0.3 is 10.2 Å². The van der Waals surface area contributed by atoms with Gasteiger partial charge in [-0.2, -0.15) is 0 Å². The Balaban J connectivity index is 1.90. The highest BCUT2D eigenvalue weighted by molar-refractivity contribution is 6.31. The molecule has 1 heterocycles. The van der Waals surface area contributed by atoms with Crippen LogP contribution in [0.25, 0.3) is 0 Å². The molecule has 1 aliphatic rings. The van der Waals surface area contributed by atoms with Gasteiger partial charge in [-0.3, -0.25) is 9.69 Å². The van der Waals surface area contributed by atoms with Gasteiger partial charge >= 0.3 is 0 Å². The highest BCUT2D eigenvalue weighted by Crippen LogP contribution is 2.47. The van der Waals surface area contributed by atoms with Crippen LogP contribution in [0.4, 0.5) is 8.78 Å². The maximum atomic E-state index is 14.7. The van der Waals surface area contributed by atoms with Crippen molar-refractivity contribution in [1.82, 2.24) is 4.90 Å². The number of aliphatic hydroxyl groups is 1. The minimum atomic E-state index is -0.631. The molecule has 1 radical (unpaired) electrons. The molecule has 7 heteroatoms. The molecule has 0 spiro atoms. The second-order valence-electron chi connectivity index (χ2n) is 8.67. The molecule has 0 aliphatic carbocycles. The number of hydrogen-bond acceptors (Lipinski definition) is 4. The fraction of sp³-hybridized carbons (Fsp3) is 0.296. The number of piperidine rings is 1. The maximum Gasteiger partial charge on any atom is 0.167 e. The summed E-state index contributed by atoms with van der Waals surface area (Å²) in [6.07, 6.45) is 0. The zero-order chi connectivity index (χ0) is 24.4. The van der Waals surface area contributed by atoms with Gasteiger partial charge in [-0.25, -0.2) is 8.78 Å². The van der Waals surface area contributed by atoms with Gasteiger partial charge in [0.2, 0.25) is 0 Å². The Morgan fingerprint density at radius 2 is 1.88 bits per heavy atom. The predicted octanol–water partition coefficient (Wildman–Crippen LogP) is 5.11. The van der Waals surface area contributed by atoms with Crippen molar-refractivity contribution < 1.29 is 23.8 Å². The lowest BCUT2D eigenvalue weighted by atomic mass is 9.67. The molecule has 4 rings (SSSR count). The summed E-state index contributed by atoms with van der Waals surface area (Å²) in [5.41, 5.74) is 2.05. The van der Waals surface area contributed by atoms with Crippen molar-refractivity contribution in [2.24, 2.45) is 5.92 Å². The van der Waals surface area contributed by atoms with Gasteiger partial charge in [-0.05, 0) is 47.9 Å². The van der Waals surface area contributed by atoms with Crippen LogP contribution in [0.5, 0.6) is 5.75 Å². The van der Waals surface area contributed by atoms with E-state index in [-0.39, 0.29) is 29.0 Å². The fourth-order valence-corrected chi connectivity index (χ4v) is 5.33. The Bertz CT molecular complexity index is 1200. The topological polar surface area (TPSA) is 60.8 Å². The van der Waals surface area contributed by atoms with Gasteiger partial charge in [0.1, 0.15) is 17.4 Å². The Kier molecular flexibility index (Phi) is 7.31. The molecular formula is C27H25ClF2NO3. The average Bonchev–Trinajstić information content (AvgIpc) is 2.80. The first-order valence-electron chi connectivity index (χ1n) is 11.1. The van der Waals surface area contributed by atoms with Crippen LogP contribution in [-0.2, 0) is 0 Å². The molecule has 1 aliphatic heterocycles. The summed E-state index contributed by atoms with van der Waals surface area (Å²) in [6, 6.07) is 16.3. The van der Waals surface area contributed by atoms with Crippen LogP contribution < -0.4 is 0 Å². The van der Waals surface area contributed by atoms with E-state index < -0.39 is 23.6 Å². The van der Waals surface area contributed by atoms with Gasteiger partial charge in [-0.15, -0.1) is 0 Å². The van der Waals surface area contributed by atoms with E-state index in [1.807, 2.05) is 11.0 Å². The number of halogens is 3. The van der Waals surface area contributed by atoms with Crippen molar-refractivity contribution in [2.75, 3.05) is 26.2 Å². The van der Waals surface area contributed by atoms with Crippen molar-refractivity contribution in [3.05, 3.63) is 99.6 Å². The number of phenolic OH excluding ortho intramolecular Hbond substituents is 1. The number of β-amino-alcohol motifs (C(OH)–C–C–N with tert-alkyl or cyclic N) is 1. The average molecular weight is 485 g/mol. The first-order valence-corrected chi connectivity index (χ1v) is 11.5. The van der Waals surface area contributed by atoms with Gasteiger partial charge in [0, 0.05) is 49.0 Å². The summed E-state index contributed by atoms with van der Waals surface area (Å²) in [5.74, 6) is -2.71. The van der Waals surface area contributed by atoms with Crippen molar-refractivity contribution in [3.63, 3.8) is 0 Å². The molecule has 1 saturated heterocycles. The molecule has 3 aromatic carbocycles. The Hall–Kier alpha value is -2.80. The molecule has 177 valence electrons. The highest BCUT2D eigenvalue weighted by atomic mass is 35.5. The predicted molar refractivity (Wildman–Crippen MR) is 126 cm³/mol. The number of carbonyl (C=O) groups excluding carboxylic acids is 1. The lowest BCUT2D eigenvalue weighted by Gasteiger charge is -2.44. The zero-order valence-corrected chi connectivity index (χ0v) is 19.4. The van der Waals surface area contributed by atoms with Gasteiger partial charge in [0.15, 0.2) is 5.78 Å². The van der Waals surface area contributed by atoms with E-state index >= 15 is 0 Å². The molecule has 0 saturated carbocycles. The van der Waals surface area contributed by atoms with Crippen LogP contribution in [0.15, 0.2) is 54.6 Å². The van der Waals surface area contributed by atoms with E-state index in [2.05, 4.69) is 6.07 Å². The van der Waals surface area contributed by atoms with Gasteiger partial charge in [0.25, 0.3) is 0 Å². The molecule has 34 heavy (non-hydrogen) atoms. The highest BCUT2D eigenvalue weighted by Gasteiger charge is 2.43. The van der Waals surface area contributed by atoms with E-state index in [1.54, 1.807) is 31.2 Å². The standard InChI is InChI=1S/C27H25ClF2NO3/c1-16-20(6-3-7-25(16)30)26-22(21-9-8-18(29)13-24(21)28)14-31(10-11-32)15-23(26)27(34)17-4-2-5-19(33)12-17/h2-9,12,22-23,26,32-33H,10-11,14-15H2,1H3/t22-,23+,26-/m1/s1. The molecule has 0 bridgehead atoms. The molecule has 3 atom stereocenters. The van der Waals surface area contributed by atoms with Crippen LogP contribution in [0, 0.1) is 30.5 Å². The minimum Gasteiger partial charge on any atom is -0.508 e. The van der Waals surface area contributed by atoms with E-state index in [0.717, 1.165) is 0 Å². The second-order valence-corrected chi connectivity index (χ2v) is 9.04. The summed E-state index contributed by atoms with van der Waals surface area (Å²) in [5, 5.41) is 19.7. The zero-order valence-electron chi connectivity index (χ0n) is 18.6. The normalized spacial score (nSPS) is 20.9. The number of carbonyl (C=O) groups is 1. The lowest BCUT2D eigenvalue weighted by Crippen LogP contribution is -2.48. The van der Waals surface area contributed by atoms with Crippen LogP contribution in [0.2, 0.25) is 5.02 Å². The quantitative estimate of drug-likeness (QED) is 0.477. The number of aliphatic hydroxyl groups excluding tert-OH is 1. The summed E-state index contributed by atoms with van der Waals surface area (Å²) >= 11 is 6.42. The van der Waals surface area contributed by atoms with Crippen LogP contribution in [-0.4, -0.2) is 47.1 Å². The minimum absolute atomic E-state index is 0.0277. The van der Waals surface area contributed by atoms with Crippen LogP contribution in [0.1, 0.15) is 38.9 Å². The fourth-order valence-electron chi connectivity index (χ4n) is 5.03. The molecular weight excluding hydrogens is 460 g/mol. The van der Waals surface area contributed by atoms with Crippen molar-refractivity contribution in [3.8, 4) is 5.75 Å². The SMILES string of the molecule is Cc1c(F)cccc1[C@H]1[C@@H](C(=O)c2cccc(O)c2)CN(CCO)C[C@@H]1c1ccc(F)[c]c1Cl. The van der Waals surface area contributed by atoms with Crippen LogP contribution >= 0.6 is 11.6 Å². The number of ketones is 1. The number of rotatable bonds is 6. The third kappa shape index (κ3) is 4.85. The van der Waals surface area contributed by atoms with Crippen molar-refractivity contribution in [1.29, 1.82) is 0 Å². The molecule has 4 nitrogen and oxygen atoms in total. The molecule has 0 unspecified atom stereocenters. The van der Waals surface area contributed by atoms with E-state index in [9.17, 15) is 23.8 Å². The number of likely N-dealkylation sites (tertiary alicyclic amines) is 1. The van der Waals surface area contributed by atoms with E-state index in [4.69, 9.17) is 11.6 Å². The lowest BCUT2D eigenvalue weighted by molar-refractivity contribution is 0.0700. The molecule has 0 amide bonds. The molecule has 2 N–H and O–H groups in total. The smallest absolute Gasteiger partial charge is 0.167 e. The van der Waals surface area contributed by atoms with E-state index in [0.29, 0.717) is 41.9 Å². The summed E-state index contributed by atoms with van der Waals surface area (Å²) in [6.45, 7) is 2.67. The van der Waals surface area contributed by atoms with Crippen molar-refractivity contribution >= 4 is 17.4 Å². The number of Topliss-reactive ketones (excluding diaryl/α,β-unsaturated/α-hetero) is 1. The molecule has 1 fully saturated rings. The number of aromatic hydroxyl groups is 1. The Morgan fingerprint density at radius 1 is 1.12 bits per heavy atom. The first-order chi connectivity index (χ1) is 16.3. The maximum absolute atomic E-state index is 14.7. The number of benzene rings is 3. The number of phenols is 1.